The first kappa shape index (κ1) is 12.4. The number of aryl methyl sites for hydroxylation is 1. The number of hydrogen-bond donors (Lipinski definition) is 0. The number of rotatable bonds is 3. The first-order valence-corrected chi connectivity index (χ1v) is 4.48. The van der Waals surface area contributed by atoms with Gasteiger partial charge in [-0.25, -0.2) is 4.57 Å². The summed E-state index contributed by atoms with van der Waals surface area (Å²) >= 11 is 0. The molecule has 13 heavy (non-hydrogen) atoms. The van der Waals surface area contributed by atoms with E-state index in [1.807, 2.05) is 11.6 Å². The molecular formula is C10H17BrN2. The van der Waals surface area contributed by atoms with Gasteiger partial charge in [0.2, 0.25) is 0 Å². The van der Waals surface area contributed by atoms with E-state index in [9.17, 15) is 0 Å². The van der Waals surface area contributed by atoms with Crippen molar-refractivity contribution >= 4 is 5.69 Å². The molecule has 2 nitrogen and oxygen atoms in total. The summed E-state index contributed by atoms with van der Waals surface area (Å²) in [6.45, 7) is 6.50. The second-order valence-corrected chi connectivity index (χ2v) is 2.89. The van der Waals surface area contributed by atoms with Gasteiger partial charge in [0.25, 0.3) is 0 Å². The fourth-order valence-corrected chi connectivity index (χ4v) is 1.29. The number of anilines is 1. The predicted molar refractivity (Wildman–Crippen MR) is 51.2 cm³/mol. The lowest BCUT2D eigenvalue weighted by Crippen LogP contribution is -3.00. The maximum Gasteiger partial charge on any atom is 0.170 e. The summed E-state index contributed by atoms with van der Waals surface area (Å²) in [4.78, 5) is 2.33. The minimum absolute atomic E-state index is 0. The Morgan fingerprint density at radius 1 is 1.15 bits per heavy atom. The third-order valence-electron chi connectivity index (χ3n) is 2.09. The van der Waals surface area contributed by atoms with Gasteiger partial charge in [-0.15, -0.1) is 0 Å². The highest BCUT2D eigenvalue weighted by atomic mass is 79.9. The van der Waals surface area contributed by atoms with E-state index in [-0.39, 0.29) is 17.0 Å². The number of aromatic nitrogens is 1. The van der Waals surface area contributed by atoms with Gasteiger partial charge in [0.05, 0.1) is 0 Å². The summed E-state index contributed by atoms with van der Waals surface area (Å²) in [6, 6.07) is 4.29. The van der Waals surface area contributed by atoms with E-state index in [0.717, 1.165) is 13.1 Å². The van der Waals surface area contributed by atoms with Gasteiger partial charge in [-0.3, -0.25) is 0 Å². The van der Waals surface area contributed by atoms with Gasteiger partial charge in [0, 0.05) is 30.9 Å². The average molecular weight is 245 g/mol. The van der Waals surface area contributed by atoms with Crippen LogP contribution in [-0.2, 0) is 7.05 Å². The molecule has 0 aromatic carbocycles. The Morgan fingerprint density at radius 3 is 2.00 bits per heavy atom. The van der Waals surface area contributed by atoms with Crippen LogP contribution in [0.3, 0.4) is 0 Å². The second kappa shape index (κ2) is 5.97. The molecule has 0 atom stereocenters. The molecule has 0 amide bonds. The van der Waals surface area contributed by atoms with Crippen LogP contribution in [0.1, 0.15) is 13.8 Å². The highest BCUT2D eigenvalue weighted by Crippen LogP contribution is 2.09. The van der Waals surface area contributed by atoms with Gasteiger partial charge in [0.15, 0.2) is 12.4 Å². The van der Waals surface area contributed by atoms with Crippen LogP contribution in [0.4, 0.5) is 5.69 Å². The molecule has 0 aliphatic heterocycles. The summed E-state index contributed by atoms with van der Waals surface area (Å²) in [5, 5.41) is 0. The van der Waals surface area contributed by atoms with Crippen LogP contribution in [0.15, 0.2) is 24.5 Å². The van der Waals surface area contributed by atoms with Crippen LogP contribution in [0.25, 0.3) is 0 Å². The van der Waals surface area contributed by atoms with Gasteiger partial charge >= 0.3 is 0 Å². The quantitative estimate of drug-likeness (QED) is 0.579. The Balaban J connectivity index is 0.00000144. The molecule has 0 spiro atoms. The predicted octanol–water partition coefficient (Wildman–Crippen LogP) is -1.64. The molecule has 1 aromatic heterocycles. The molecule has 0 N–H and O–H groups in total. The Bertz CT molecular complexity index is 229. The van der Waals surface area contributed by atoms with Crippen molar-refractivity contribution in [3.8, 4) is 0 Å². The lowest BCUT2D eigenvalue weighted by atomic mass is 10.3. The largest absolute Gasteiger partial charge is 1.00 e. The minimum atomic E-state index is 0. The van der Waals surface area contributed by atoms with E-state index in [2.05, 4.69) is 43.3 Å². The van der Waals surface area contributed by atoms with Crippen LogP contribution in [0.5, 0.6) is 0 Å². The highest BCUT2D eigenvalue weighted by Gasteiger charge is 2.01. The van der Waals surface area contributed by atoms with Crippen LogP contribution in [-0.4, -0.2) is 13.1 Å². The third kappa shape index (κ3) is 3.35. The Kier molecular flexibility index (Phi) is 5.71. The van der Waals surface area contributed by atoms with Crippen molar-refractivity contribution in [2.75, 3.05) is 18.0 Å². The molecule has 74 valence electrons. The molecule has 0 bridgehead atoms. The summed E-state index contributed by atoms with van der Waals surface area (Å²) in [5.74, 6) is 0. The maximum absolute atomic E-state index is 2.33. The van der Waals surface area contributed by atoms with Gasteiger partial charge in [-0.05, 0) is 13.8 Å². The lowest BCUT2D eigenvalue weighted by molar-refractivity contribution is -0.671. The van der Waals surface area contributed by atoms with E-state index in [1.54, 1.807) is 0 Å². The zero-order valence-electron chi connectivity index (χ0n) is 8.50. The van der Waals surface area contributed by atoms with Gasteiger partial charge in [-0.2, -0.15) is 0 Å². The van der Waals surface area contributed by atoms with E-state index in [1.165, 1.54) is 5.69 Å². The van der Waals surface area contributed by atoms with Crippen molar-refractivity contribution < 1.29 is 21.5 Å². The first-order chi connectivity index (χ1) is 5.77. The summed E-state index contributed by atoms with van der Waals surface area (Å²) in [6.07, 6.45) is 4.15. The van der Waals surface area contributed by atoms with Crippen LogP contribution in [0, 0.1) is 0 Å². The minimum Gasteiger partial charge on any atom is -1.00 e. The normalized spacial score (nSPS) is 9.15. The molecule has 0 aliphatic rings. The summed E-state index contributed by atoms with van der Waals surface area (Å²) in [5.41, 5.74) is 1.30. The SMILES string of the molecule is CCN(CC)c1cc[n+](C)cc1.[Br-]. The zero-order chi connectivity index (χ0) is 8.97. The van der Waals surface area contributed by atoms with Gasteiger partial charge in [-0.1, -0.05) is 0 Å². The molecule has 0 unspecified atom stereocenters. The molecule has 1 rings (SSSR count). The van der Waals surface area contributed by atoms with Crippen molar-refractivity contribution in [1.82, 2.24) is 0 Å². The molecule has 0 saturated heterocycles. The number of pyridine rings is 1. The number of hydrogen-bond acceptors (Lipinski definition) is 1. The van der Waals surface area contributed by atoms with E-state index in [4.69, 9.17) is 0 Å². The Labute approximate surface area is 91.0 Å². The smallest absolute Gasteiger partial charge is 0.170 e. The van der Waals surface area contributed by atoms with Crippen LogP contribution < -0.4 is 26.4 Å². The van der Waals surface area contributed by atoms with E-state index in [0.29, 0.717) is 0 Å². The average Bonchev–Trinajstić information content (AvgIpc) is 2.10. The molecule has 1 aromatic rings. The molecular weight excluding hydrogens is 228 g/mol. The summed E-state index contributed by atoms with van der Waals surface area (Å²) < 4.78 is 2.05. The molecule has 0 fully saturated rings. The maximum atomic E-state index is 2.33. The lowest BCUT2D eigenvalue weighted by Gasteiger charge is -2.19. The standard InChI is InChI=1S/C10H17N2.BrH/c1-4-12(5-2)10-6-8-11(3)9-7-10;/h6-9H,4-5H2,1-3H3;1H/q+1;/p-1. The zero-order valence-corrected chi connectivity index (χ0v) is 10.1. The van der Waals surface area contributed by atoms with Crippen LogP contribution >= 0.6 is 0 Å². The van der Waals surface area contributed by atoms with E-state index < -0.39 is 0 Å². The molecule has 0 saturated carbocycles. The first-order valence-electron chi connectivity index (χ1n) is 4.48. The number of nitrogens with zero attached hydrogens (tertiary/aromatic N) is 2. The Hall–Kier alpha value is -0.570. The molecule has 1 heterocycles. The fraction of sp³-hybridized carbons (Fsp3) is 0.500. The fourth-order valence-electron chi connectivity index (χ4n) is 1.29. The monoisotopic (exact) mass is 244 g/mol. The second-order valence-electron chi connectivity index (χ2n) is 2.89. The summed E-state index contributed by atoms with van der Waals surface area (Å²) in [7, 11) is 2.03. The van der Waals surface area contributed by atoms with Crippen molar-refractivity contribution in [1.29, 1.82) is 0 Å². The van der Waals surface area contributed by atoms with Crippen molar-refractivity contribution in [2.24, 2.45) is 7.05 Å². The van der Waals surface area contributed by atoms with Crippen molar-refractivity contribution in [3.05, 3.63) is 24.5 Å². The molecule has 3 heteroatoms. The Morgan fingerprint density at radius 2 is 1.62 bits per heavy atom. The number of halogens is 1. The molecule has 0 aliphatic carbocycles. The third-order valence-corrected chi connectivity index (χ3v) is 2.09. The molecule has 0 radical (unpaired) electrons. The van der Waals surface area contributed by atoms with Gasteiger partial charge in [0.1, 0.15) is 7.05 Å². The van der Waals surface area contributed by atoms with Crippen LogP contribution in [0.2, 0.25) is 0 Å². The van der Waals surface area contributed by atoms with Gasteiger partial charge < -0.3 is 21.9 Å². The van der Waals surface area contributed by atoms with E-state index >= 15 is 0 Å². The van der Waals surface area contributed by atoms with Crippen molar-refractivity contribution in [2.45, 2.75) is 13.8 Å². The van der Waals surface area contributed by atoms with Crippen molar-refractivity contribution in [3.63, 3.8) is 0 Å². The highest BCUT2D eigenvalue weighted by molar-refractivity contribution is 5.43. The topological polar surface area (TPSA) is 7.12 Å².